The molecule has 0 fully saturated rings. The van der Waals surface area contributed by atoms with E-state index in [1.807, 2.05) is 51.1 Å². The largest absolute Gasteiger partial charge is 0.374 e. The minimum atomic E-state index is -0.377. The van der Waals surface area contributed by atoms with Crippen molar-refractivity contribution in [2.45, 2.75) is 46.6 Å². The maximum Gasteiger partial charge on any atom is 0.262 e. The molecule has 0 saturated carbocycles. The fourth-order valence-electron chi connectivity index (χ4n) is 2.54. The Balaban J connectivity index is 1.87. The van der Waals surface area contributed by atoms with E-state index in [1.165, 1.54) is 11.1 Å². The van der Waals surface area contributed by atoms with Crippen LogP contribution >= 0.6 is 0 Å². The van der Waals surface area contributed by atoms with Crippen molar-refractivity contribution in [2.24, 2.45) is 5.10 Å². The van der Waals surface area contributed by atoms with E-state index in [9.17, 15) is 4.79 Å². The summed E-state index contributed by atoms with van der Waals surface area (Å²) in [5, 5.41) is 7.22. The van der Waals surface area contributed by atoms with Gasteiger partial charge >= 0.3 is 0 Å². The molecule has 0 aliphatic carbocycles. The van der Waals surface area contributed by atoms with Gasteiger partial charge in [0.25, 0.3) is 5.91 Å². The number of anilines is 1. The third kappa shape index (κ3) is 6.74. The van der Waals surface area contributed by atoms with Crippen LogP contribution in [0.5, 0.6) is 0 Å². The molecule has 0 bridgehead atoms. The maximum absolute atomic E-state index is 12.1. The number of rotatable bonds is 7. The average Bonchev–Trinajstić information content (AvgIpc) is 2.64. The normalized spacial score (nSPS) is 13.0. The van der Waals surface area contributed by atoms with Gasteiger partial charge in [-0.25, -0.2) is 5.43 Å². The van der Waals surface area contributed by atoms with Gasteiger partial charge in [0, 0.05) is 5.69 Å². The summed E-state index contributed by atoms with van der Waals surface area (Å²) in [6.07, 6.45) is 3.70. The van der Waals surface area contributed by atoms with Gasteiger partial charge in [0.05, 0.1) is 6.21 Å². The fraction of sp³-hybridized carbons (Fsp3) is 0.304. The van der Waals surface area contributed by atoms with Gasteiger partial charge in [-0.05, 0) is 55.5 Å². The first-order valence-corrected chi connectivity index (χ1v) is 9.29. The lowest BCUT2D eigenvalue weighted by molar-refractivity contribution is -0.121. The van der Waals surface area contributed by atoms with E-state index in [4.69, 9.17) is 0 Å². The molecule has 2 N–H and O–H groups in total. The summed E-state index contributed by atoms with van der Waals surface area (Å²) in [5.41, 5.74) is 8.08. The molecule has 0 spiro atoms. The highest BCUT2D eigenvalue weighted by molar-refractivity contribution is 5.88. The first kappa shape index (κ1) is 20.4. The van der Waals surface area contributed by atoms with Crippen LogP contribution in [0.2, 0.25) is 0 Å². The van der Waals surface area contributed by atoms with Gasteiger partial charge in [0.15, 0.2) is 0 Å². The van der Waals surface area contributed by atoms with E-state index in [0.717, 1.165) is 16.8 Å². The van der Waals surface area contributed by atoms with Crippen molar-refractivity contribution in [1.29, 1.82) is 0 Å². The Kier molecular flexibility index (Phi) is 7.35. The van der Waals surface area contributed by atoms with Crippen molar-refractivity contribution in [3.63, 3.8) is 0 Å². The van der Waals surface area contributed by atoms with E-state index < -0.39 is 0 Å². The van der Waals surface area contributed by atoms with Crippen molar-refractivity contribution in [2.75, 3.05) is 5.32 Å². The van der Waals surface area contributed by atoms with Crippen molar-refractivity contribution in [3.05, 3.63) is 70.8 Å². The number of hydrazone groups is 1. The molecule has 142 valence electrons. The highest BCUT2D eigenvalue weighted by Gasteiger charge is 2.11. The monoisotopic (exact) mass is 363 g/mol. The fourth-order valence-corrected chi connectivity index (χ4v) is 2.54. The number of aryl methyl sites for hydroxylation is 1. The number of nitrogens with zero attached hydrogens (tertiary/aromatic N) is 1. The van der Waals surface area contributed by atoms with Crippen LogP contribution in [0.4, 0.5) is 5.69 Å². The molecule has 1 amide bonds. The molecule has 0 aliphatic heterocycles. The molecule has 0 unspecified atom stereocenters. The standard InChI is InChI=1S/C23H29N3O/c1-16(2)21-10-8-20(9-11-21)14-18(4)15-24-26-23(27)19(5)25-22-12-6-17(3)7-13-22/h6-16,19,25H,1-5H3,(H,26,27)/b18-14-,24-15+/t19-/m0/s1. The van der Waals surface area contributed by atoms with Gasteiger partial charge < -0.3 is 5.32 Å². The molecule has 1 atom stereocenters. The van der Waals surface area contributed by atoms with Crippen LogP contribution in [0.1, 0.15) is 50.3 Å². The summed E-state index contributed by atoms with van der Waals surface area (Å²) in [7, 11) is 0. The van der Waals surface area contributed by atoms with Gasteiger partial charge in [-0.15, -0.1) is 0 Å². The third-order valence-corrected chi connectivity index (χ3v) is 4.27. The topological polar surface area (TPSA) is 53.5 Å². The first-order valence-electron chi connectivity index (χ1n) is 9.29. The number of nitrogens with one attached hydrogen (secondary N) is 2. The molecule has 2 rings (SSSR count). The van der Waals surface area contributed by atoms with Gasteiger partial charge in [0.2, 0.25) is 0 Å². The zero-order valence-corrected chi connectivity index (χ0v) is 16.8. The van der Waals surface area contributed by atoms with Crippen LogP contribution in [-0.2, 0) is 4.79 Å². The van der Waals surface area contributed by atoms with E-state index >= 15 is 0 Å². The minimum absolute atomic E-state index is 0.180. The predicted octanol–water partition coefficient (Wildman–Crippen LogP) is 5.12. The maximum atomic E-state index is 12.1. The summed E-state index contributed by atoms with van der Waals surface area (Å²) in [6, 6.07) is 16.0. The lowest BCUT2D eigenvalue weighted by atomic mass is 10.0. The molecule has 0 saturated heterocycles. The second kappa shape index (κ2) is 9.72. The number of allylic oxidation sites excluding steroid dienone is 1. The lowest BCUT2D eigenvalue weighted by Gasteiger charge is -2.13. The van der Waals surface area contributed by atoms with Crippen LogP contribution in [0.3, 0.4) is 0 Å². The first-order chi connectivity index (χ1) is 12.8. The third-order valence-electron chi connectivity index (χ3n) is 4.27. The lowest BCUT2D eigenvalue weighted by Crippen LogP contribution is -2.34. The summed E-state index contributed by atoms with van der Waals surface area (Å²) in [6.45, 7) is 10.2. The van der Waals surface area contributed by atoms with Crippen molar-refractivity contribution >= 4 is 23.9 Å². The Morgan fingerprint density at radius 3 is 2.22 bits per heavy atom. The van der Waals surface area contributed by atoms with Crippen molar-refractivity contribution in [1.82, 2.24) is 5.43 Å². The summed E-state index contributed by atoms with van der Waals surface area (Å²) >= 11 is 0. The van der Waals surface area contributed by atoms with E-state index in [0.29, 0.717) is 5.92 Å². The van der Waals surface area contributed by atoms with E-state index in [1.54, 1.807) is 6.21 Å². The Hall–Kier alpha value is -2.88. The number of amides is 1. The zero-order valence-electron chi connectivity index (χ0n) is 16.8. The molecule has 4 heteroatoms. The number of carbonyl (C=O) groups excluding carboxylic acids is 1. The van der Waals surface area contributed by atoms with Crippen LogP contribution in [-0.4, -0.2) is 18.2 Å². The predicted molar refractivity (Wildman–Crippen MR) is 115 cm³/mol. The van der Waals surface area contributed by atoms with E-state index in [-0.39, 0.29) is 11.9 Å². The molecule has 0 aliphatic rings. The molecule has 27 heavy (non-hydrogen) atoms. The average molecular weight is 364 g/mol. The van der Waals surface area contributed by atoms with E-state index in [2.05, 4.69) is 54.0 Å². The molecule has 2 aromatic carbocycles. The molecular weight excluding hydrogens is 334 g/mol. The Morgan fingerprint density at radius 2 is 1.63 bits per heavy atom. The van der Waals surface area contributed by atoms with Crippen LogP contribution in [0, 0.1) is 6.92 Å². The Labute approximate surface area is 162 Å². The van der Waals surface area contributed by atoms with Crippen molar-refractivity contribution < 1.29 is 4.79 Å². The van der Waals surface area contributed by atoms with Crippen LogP contribution < -0.4 is 10.7 Å². The number of carbonyl (C=O) groups is 1. The number of hydrogen-bond donors (Lipinski definition) is 2. The second-order valence-electron chi connectivity index (χ2n) is 7.18. The smallest absolute Gasteiger partial charge is 0.262 e. The minimum Gasteiger partial charge on any atom is -0.374 e. The van der Waals surface area contributed by atoms with Gasteiger partial charge in [-0.3, -0.25) is 4.79 Å². The summed E-state index contributed by atoms with van der Waals surface area (Å²) in [5.74, 6) is 0.345. The molecule has 0 radical (unpaired) electrons. The molecule has 4 nitrogen and oxygen atoms in total. The Bertz CT molecular complexity index is 803. The second-order valence-corrected chi connectivity index (χ2v) is 7.18. The zero-order chi connectivity index (χ0) is 19.8. The van der Waals surface area contributed by atoms with Gasteiger partial charge in [0.1, 0.15) is 6.04 Å². The molecular formula is C23H29N3O. The van der Waals surface area contributed by atoms with Gasteiger partial charge in [-0.1, -0.05) is 61.9 Å². The summed E-state index contributed by atoms with van der Waals surface area (Å²) < 4.78 is 0. The molecule has 2 aromatic rings. The molecule has 0 heterocycles. The highest BCUT2D eigenvalue weighted by Crippen LogP contribution is 2.16. The van der Waals surface area contributed by atoms with Gasteiger partial charge in [-0.2, -0.15) is 5.10 Å². The molecule has 0 aromatic heterocycles. The number of benzene rings is 2. The Morgan fingerprint density at radius 1 is 1.00 bits per heavy atom. The quantitative estimate of drug-likeness (QED) is 0.529. The highest BCUT2D eigenvalue weighted by atomic mass is 16.2. The number of hydrogen-bond acceptors (Lipinski definition) is 3. The SMILES string of the molecule is CC(=C/c1ccc(C(C)C)cc1)/C=N/NC(=O)[C@H](C)Nc1ccc(C)cc1. The van der Waals surface area contributed by atoms with Crippen LogP contribution in [0.15, 0.2) is 59.2 Å². The summed E-state index contributed by atoms with van der Waals surface area (Å²) in [4.78, 5) is 12.1. The van der Waals surface area contributed by atoms with Crippen molar-refractivity contribution in [3.8, 4) is 0 Å². The van der Waals surface area contributed by atoms with Crippen LogP contribution in [0.25, 0.3) is 6.08 Å².